The minimum atomic E-state index is -3.84. The molecule has 0 aromatic heterocycles. The number of rotatable bonds is 9. The van der Waals surface area contributed by atoms with Crippen LogP contribution in [0.15, 0.2) is 27.6 Å². The van der Waals surface area contributed by atoms with Gasteiger partial charge in [-0.15, -0.1) is 0 Å². The van der Waals surface area contributed by atoms with E-state index in [0.717, 1.165) is 0 Å². The summed E-state index contributed by atoms with van der Waals surface area (Å²) in [6.07, 6.45) is 0.640. The van der Waals surface area contributed by atoms with Crippen molar-refractivity contribution in [3.05, 3.63) is 22.7 Å². The molecule has 0 aliphatic carbocycles. The Bertz CT molecular complexity index is 521. The lowest BCUT2D eigenvalue weighted by atomic mass is 10.3. The second kappa shape index (κ2) is 8.84. The zero-order chi connectivity index (χ0) is 15.0. The predicted octanol–water partition coefficient (Wildman–Crippen LogP) is 2.81. The van der Waals surface area contributed by atoms with E-state index in [0.29, 0.717) is 37.3 Å². The number of methoxy groups -OCH3 is 1. The third-order valence-electron chi connectivity index (χ3n) is 2.29. The summed E-state index contributed by atoms with van der Waals surface area (Å²) in [5.74, 6) is 0.236. The van der Waals surface area contributed by atoms with Crippen LogP contribution < -0.4 is 4.74 Å². The molecule has 0 aliphatic heterocycles. The molecule has 20 heavy (non-hydrogen) atoms. The lowest BCUT2D eigenvalue weighted by Gasteiger charge is -2.10. The van der Waals surface area contributed by atoms with Crippen molar-refractivity contribution < 1.29 is 22.6 Å². The number of hydrogen-bond acceptors (Lipinski definition) is 5. The van der Waals surface area contributed by atoms with Crippen LogP contribution in [0, 0.1) is 0 Å². The van der Waals surface area contributed by atoms with Crippen molar-refractivity contribution in [2.75, 3.05) is 33.5 Å². The second-order valence-electron chi connectivity index (χ2n) is 3.84. The third-order valence-corrected chi connectivity index (χ3v) is 4.13. The molecule has 0 radical (unpaired) electrons. The summed E-state index contributed by atoms with van der Waals surface area (Å²) >= 11 is 3.20. The van der Waals surface area contributed by atoms with E-state index in [1.165, 1.54) is 6.07 Å². The highest BCUT2D eigenvalue weighted by molar-refractivity contribution is 9.10. The van der Waals surface area contributed by atoms with E-state index >= 15 is 0 Å². The molecule has 1 aromatic carbocycles. The van der Waals surface area contributed by atoms with Crippen molar-refractivity contribution in [1.82, 2.24) is 0 Å². The third kappa shape index (κ3) is 6.41. The summed E-state index contributed by atoms with van der Waals surface area (Å²) in [5.41, 5.74) is 0. The number of hydrogen-bond donors (Lipinski definition) is 0. The summed E-state index contributed by atoms with van der Waals surface area (Å²) < 4.78 is 39.0. The predicted molar refractivity (Wildman–Crippen MR) is 80.0 cm³/mol. The van der Waals surface area contributed by atoms with Crippen LogP contribution in [0.1, 0.15) is 6.42 Å². The normalized spacial score (nSPS) is 11.6. The molecule has 0 spiro atoms. The van der Waals surface area contributed by atoms with Gasteiger partial charge in [0.05, 0.1) is 19.8 Å². The van der Waals surface area contributed by atoms with Gasteiger partial charge in [0.2, 0.25) is 0 Å². The highest BCUT2D eigenvalue weighted by Crippen LogP contribution is 2.30. The smallest absolute Gasteiger partial charge is 0.265 e. The highest BCUT2D eigenvalue weighted by atomic mass is 79.9. The van der Waals surface area contributed by atoms with Crippen LogP contribution in [-0.2, 0) is 18.5 Å². The zero-order valence-electron chi connectivity index (χ0n) is 11.0. The van der Waals surface area contributed by atoms with Gasteiger partial charge in [-0.25, -0.2) is 8.42 Å². The Morgan fingerprint density at radius 3 is 2.60 bits per heavy atom. The summed E-state index contributed by atoms with van der Waals surface area (Å²) in [7, 11) is 3.13. The van der Waals surface area contributed by atoms with Crippen molar-refractivity contribution in [3.8, 4) is 5.75 Å². The Morgan fingerprint density at radius 1 is 1.20 bits per heavy atom. The molecule has 0 amide bonds. The molecule has 5 nitrogen and oxygen atoms in total. The topological polar surface area (TPSA) is 61.8 Å². The van der Waals surface area contributed by atoms with Gasteiger partial charge in [0.15, 0.2) is 0 Å². The molecule has 0 atom stereocenters. The molecular weight excluding hydrogens is 372 g/mol. The first kappa shape index (κ1) is 17.7. The molecule has 8 heteroatoms. The number of benzene rings is 1. The molecule has 0 saturated carbocycles. The maximum absolute atomic E-state index is 11.4. The van der Waals surface area contributed by atoms with Gasteiger partial charge in [-0.1, -0.05) is 15.9 Å². The van der Waals surface area contributed by atoms with E-state index in [1.807, 2.05) is 0 Å². The van der Waals surface area contributed by atoms with Crippen molar-refractivity contribution in [3.63, 3.8) is 0 Å². The van der Waals surface area contributed by atoms with Gasteiger partial charge >= 0.3 is 0 Å². The Kier molecular flexibility index (Phi) is 7.83. The monoisotopic (exact) mass is 386 g/mol. The average molecular weight is 388 g/mol. The summed E-state index contributed by atoms with van der Waals surface area (Å²) in [6, 6.07) is 4.66. The van der Waals surface area contributed by atoms with Crippen molar-refractivity contribution >= 4 is 35.7 Å². The van der Waals surface area contributed by atoms with Crippen LogP contribution in [0.3, 0.4) is 0 Å². The zero-order valence-corrected chi connectivity index (χ0v) is 14.1. The fraction of sp³-hybridized carbons (Fsp3) is 0.500. The first-order valence-corrected chi connectivity index (χ1v) is 8.99. The van der Waals surface area contributed by atoms with Gasteiger partial charge in [-0.2, -0.15) is 0 Å². The van der Waals surface area contributed by atoms with Gasteiger partial charge in [-0.05, 0) is 18.2 Å². The standard InChI is InChI=1S/C12H16BrClO5S/c1-17-7-8-18-5-2-6-19-11-4-3-10(13)9-12(11)20(14,15)16/h3-4,9H,2,5-8H2,1H3. The largest absolute Gasteiger partial charge is 0.492 e. The fourth-order valence-corrected chi connectivity index (χ4v) is 2.89. The van der Waals surface area contributed by atoms with E-state index < -0.39 is 9.05 Å². The van der Waals surface area contributed by atoms with E-state index in [1.54, 1.807) is 19.2 Å². The van der Waals surface area contributed by atoms with Gasteiger partial charge in [-0.3, -0.25) is 0 Å². The second-order valence-corrected chi connectivity index (χ2v) is 7.29. The molecule has 0 bridgehead atoms. The molecule has 0 N–H and O–H groups in total. The van der Waals surface area contributed by atoms with Crippen molar-refractivity contribution in [2.24, 2.45) is 0 Å². The molecule has 0 saturated heterocycles. The van der Waals surface area contributed by atoms with E-state index in [9.17, 15) is 8.42 Å². The van der Waals surface area contributed by atoms with E-state index in [4.69, 9.17) is 24.9 Å². The maximum atomic E-state index is 11.4. The lowest BCUT2D eigenvalue weighted by molar-refractivity contribution is 0.0643. The molecule has 114 valence electrons. The highest BCUT2D eigenvalue weighted by Gasteiger charge is 2.17. The molecule has 0 unspecified atom stereocenters. The summed E-state index contributed by atoms with van der Waals surface area (Å²) in [6.45, 7) is 1.93. The molecule has 1 rings (SSSR count). The van der Waals surface area contributed by atoms with Crippen LogP contribution in [-0.4, -0.2) is 42.0 Å². The van der Waals surface area contributed by atoms with Crippen LogP contribution in [0.2, 0.25) is 0 Å². The fourth-order valence-electron chi connectivity index (χ4n) is 1.38. The molecule has 0 heterocycles. The SMILES string of the molecule is COCCOCCCOc1ccc(Br)cc1S(=O)(=O)Cl. The maximum Gasteiger partial charge on any atom is 0.265 e. The van der Waals surface area contributed by atoms with Gasteiger partial charge in [0.25, 0.3) is 9.05 Å². The minimum absolute atomic E-state index is 0.0474. The Morgan fingerprint density at radius 2 is 1.95 bits per heavy atom. The first-order valence-electron chi connectivity index (χ1n) is 5.89. The summed E-state index contributed by atoms with van der Waals surface area (Å²) in [4.78, 5) is -0.0474. The Balaban J connectivity index is 2.48. The van der Waals surface area contributed by atoms with Gasteiger partial charge in [0.1, 0.15) is 10.6 Å². The first-order chi connectivity index (χ1) is 9.45. The summed E-state index contributed by atoms with van der Waals surface area (Å²) in [5, 5.41) is 0. The van der Waals surface area contributed by atoms with E-state index in [2.05, 4.69) is 15.9 Å². The van der Waals surface area contributed by atoms with Crippen molar-refractivity contribution in [2.45, 2.75) is 11.3 Å². The quantitative estimate of drug-likeness (QED) is 0.481. The molecular formula is C12H16BrClO5S. The molecule has 0 aliphatic rings. The molecule has 1 aromatic rings. The van der Waals surface area contributed by atoms with Crippen LogP contribution in [0.25, 0.3) is 0 Å². The van der Waals surface area contributed by atoms with Crippen LogP contribution in [0.4, 0.5) is 0 Å². The van der Waals surface area contributed by atoms with Gasteiger partial charge < -0.3 is 14.2 Å². The van der Waals surface area contributed by atoms with E-state index in [-0.39, 0.29) is 10.6 Å². The Labute approximate surface area is 131 Å². The van der Waals surface area contributed by atoms with Crippen LogP contribution in [0.5, 0.6) is 5.75 Å². The number of ether oxygens (including phenoxy) is 3. The van der Waals surface area contributed by atoms with Gasteiger partial charge in [0, 0.05) is 35.3 Å². The Hall–Kier alpha value is -0.340. The van der Waals surface area contributed by atoms with Crippen molar-refractivity contribution in [1.29, 1.82) is 0 Å². The number of halogens is 2. The van der Waals surface area contributed by atoms with Crippen LogP contribution >= 0.6 is 26.6 Å². The molecule has 0 fully saturated rings. The average Bonchev–Trinajstić information content (AvgIpc) is 2.38. The minimum Gasteiger partial charge on any atom is -0.492 e. The lowest BCUT2D eigenvalue weighted by Crippen LogP contribution is -2.08.